The summed E-state index contributed by atoms with van der Waals surface area (Å²) in [5, 5.41) is 0. The van der Waals surface area contributed by atoms with Crippen molar-refractivity contribution in [2.24, 2.45) is 5.92 Å². The number of hydrogen-bond donors (Lipinski definition) is 0. The smallest absolute Gasteiger partial charge is 0.227 e. The van der Waals surface area contributed by atoms with Gasteiger partial charge in [0.1, 0.15) is 0 Å². The Morgan fingerprint density at radius 3 is 2.60 bits per heavy atom. The highest BCUT2D eigenvalue weighted by Gasteiger charge is 2.29. The van der Waals surface area contributed by atoms with Crippen LogP contribution >= 0.6 is 11.6 Å². The molecule has 1 aliphatic rings. The maximum atomic E-state index is 11.9. The van der Waals surface area contributed by atoms with Crippen molar-refractivity contribution in [1.29, 1.82) is 0 Å². The molecule has 1 unspecified atom stereocenters. The molecule has 1 amide bonds. The average Bonchev–Trinajstić information content (AvgIpc) is 2.89. The Morgan fingerprint density at radius 1 is 1.20 bits per heavy atom. The maximum absolute atomic E-state index is 11.9. The SMILES string of the molecule is O=C1CC(CCl)CN1c1ccc(-c2ccccc2)nc1. The van der Waals surface area contributed by atoms with Crippen molar-refractivity contribution in [2.45, 2.75) is 6.42 Å². The van der Waals surface area contributed by atoms with Crippen molar-refractivity contribution < 1.29 is 4.79 Å². The molecule has 102 valence electrons. The Morgan fingerprint density at radius 2 is 2.00 bits per heavy atom. The molecule has 1 aliphatic heterocycles. The van der Waals surface area contributed by atoms with Crippen LogP contribution in [0.25, 0.3) is 11.3 Å². The van der Waals surface area contributed by atoms with Crippen molar-refractivity contribution >= 4 is 23.2 Å². The Kier molecular flexibility index (Phi) is 3.70. The highest BCUT2D eigenvalue weighted by Crippen LogP contribution is 2.26. The molecule has 0 saturated carbocycles. The summed E-state index contributed by atoms with van der Waals surface area (Å²) in [6.45, 7) is 0.689. The number of anilines is 1. The first-order chi connectivity index (χ1) is 9.78. The predicted molar refractivity (Wildman–Crippen MR) is 80.9 cm³/mol. The number of rotatable bonds is 3. The van der Waals surface area contributed by atoms with Gasteiger partial charge in [-0.25, -0.2) is 0 Å². The predicted octanol–water partition coefficient (Wildman–Crippen LogP) is 3.34. The van der Waals surface area contributed by atoms with E-state index in [0.29, 0.717) is 18.8 Å². The fourth-order valence-electron chi connectivity index (χ4n) is 2.46. The first kappa shape index (κ1) is 13.1. The third-order valence-electron chi connectivity index (χ3n) is 3.55. The van der Waals surface area contributed by atoms with Gasteiger partial charge in [-0.3, -0.25) is 9.78 Å². The second kappa shape index (κ2) is 5.63. The Hall–Kier alpha value is -1.87. The summed E-state index contributed by atoms with van der Waals surface area (Å²) in [5.41, 5.74) is 2.84. The van der Waals surface area contributed by atoms with E-state index in [0.717, 1.165) is 16.9 Å². The van der Waals surface area contributed by atoms with E-state index in [4.69, 9.17) is 11.6 Å². The van der Waals surface area contributed by atoms with Crippen LogP contribution < -0.4 is 4.90 Å². The number of pyridine rings is 1. The third kappa shape index (κ3) is 2.54. The van der Waals surface area contributed by atoms with E-state index in [1.807, 2.05) is 42.5 Å². The van der Waals surface area contributed by atoms with Crippen LogP contribution in [0.3, 0.4) is 0 Å². The number of carbonyl (C=O) groups excluding carboxylic acids is 1. The van der Waals surface area contributed by atoms with Crippen LogP contribution in [0.1, 0.15) is 6.42 Å². The standard InChI is InChI=1S/C16H15ClN2O/c17-9-12-8-16(20)19(11-12)14-6-7-15(18-10-14)13-4-2-1-3-5-13/h1-7,10,12H,8-9,11H2. The number of benzene rings is 1. The van der Waals surface area contributed by atoms with Crippen molar-refractivity contribution in [3.63, 3.8) is 0 Å². The molecule has 1 aromatic heterocycles. The minimum atomic E-state index is 0.130. The molecule has 0 bridgehead atoms. The fourth-order valence-corrected chi connectivity index (χ4v) is 2.67. The second-order valence-electron chi connectivity index (χ2n) is 5.00. The van der Waals surface area contributed by atoms with Gasteiger partial charge in [0.15, 0.2) is 0 Å². The van der Waals surface area contributed by atoms with Crippen LogP contribution in [-0.4, -0.2) is 23.3 Å². The molecule has 0 aliphatic carbocycles. The zero-order chi connectivity index (χ0) is 13.9. The molecule has 0 N–H and O–H groups in total. The summed E-state index contributed by atoms with van der Waals surface area (Å²) < 4.78 is 0. The molecule has 3 nitrogen and oxygen atoms in total. The molecular formula is C16H15ClN2O. The molecule has 1 atom stereocenters. The van der Waals surface area contributed by atoms with Gasteiger partial charge in [0, 0.05) is 24.4 Å². The van der Waals surface area contributed by atoms with Gasteiger partial charge in [-0.1, -0.05) is 30.3 Å². The van der Waals surface area contributed by atoms with Gasteiger partial charge in [-0.15, -0.1) is 11.6 Å². The van der Waals surface area contributed by atoms with Gasteiger partial charge in [-0.2, -0.15) is 0 Å². The molecular weight excluding hydrogens is 272 g/mol. The van der Waals surface area contributed by atoms with Crippen molar-refractivity contribution in [3.05, 3.63) is 48.7 Å². The summed E-state index contributed by atoms with van der Waals surface area (Å²) in [6, 6.07) is 13.9. The monoisotopic (exact) mass is 286 g/mol. The summed E-state index contributed by atoms with van der Waals surface area (Å²) >= 11 is 5.84. The van der Waals surface area contributed by atoms with E-state index in [1.165, 1.54) is 0 Å². The molecule has 3 rings (SSSR count). The van der Waals surface area contributed by atoms with Crippen LogP contribution in [0.2, 0.25) is 0 Å². The number of nitrogens with zero attached hydrogens (tertiary/aromatic N) is 2. The Bertz CT molecular complexity index is 598. The van der Waals surface area contributed by atoms with Crippen LogP contribution in [0.5, 0.6) is 0 Å². The van der Waals surface area contributed by atoms with Gasteiger partial charge >= 0.3 is 0 Å². The van der Waals surface area contributed by atoms with Crippen LogP contribution in [-0.2, 0) is 4.79 Å². The first-order valence-corrected chi connectivity index (χ1v) is 7.19. The van der Waals surface area contributed by atoms with Gasteiger partial charge < -0.3 is 4.90 Å². The normalized spacial score (nSPS) is 18.6. The van der Waals surface area contributed by atoms with Crippen LogP contribution in [0, 0.1) is 5.92 Å². The van der Waals surface area contributed by atoms with Gasteiger partial charge in [0.25, 0.3) is 0 Å². The maximum Gasteiger partial charge on any atom is 0.227 e. The lowest BCUT2D eigenvalue weighted by atomic mass is 10.1. The highest BCUT2D eigenvalue weighted by atomic mass is 35.5. The van der Waals surface area contributed by atoms with Crippen LogP contribution in [0.15, 0.2) is 48.7 Å². The molecule has 1 aromatic carbocycles. The summed E-state index contributed by atoms with van der Waals surface area (Å²) in [6.07, 6.45) is 2.29. The van der Waals surface area contributed by atoms with Crippen molar-refractivity contribution in [2.75, 3.05) is 17.3 Å². The number of aromatic nitrogens is 1. The van der Waals surface area contributed by atoms with E-state index in [-0.39, 0.29) is 11.8 Å². The number of alkyl halides is 1. The van der Waals surface area contributed by atoms with E-state index in [1.54, 1.807) is 11.1 Å². The molecule has 4 heteroatoms. The lowest BCUT2D eigenvalue weighted by Crippen LogP contribution is -2.24. The van der Waals surface area contributed by atoms with Crippen molar-refractivity contribution in [3.8, 4) is 11.3 Å². The minimum absolute atomic E-state index is 0.130. The quantitative estimate of drug-likeness (QED) is 0.811. The largest absolute Gasteiger partial charge is 0.311 e. The van der Waals surface area contributed by atoms with Gasteiger partial charge in [0.05, 0.1) is 17.6 Å². The average molecular weight is 287 g/mol. The highest BCUT2D eigenvalue weighted by molar-refractivity contribution is 6.18. The lowest BCUT2D eigenvalue weighted by Gasteiger charge is -2.16. The molecule has 0 radical (unpaired) electrons. The fraction of sp³-hybridized carbons (Fsp3) is 0.250. The summed E-state index contributed by atoms with van der Waals surface area (Å²) in [7, 11) is 0. The van der Waals surface area contributed by atoms with Crippen molar-refractivity contribution in [1.82, 2.24) is 4.98 Å². The number of halogens is 1. The van der Waals surface area contributed by atoms with E-state index >= 15 is 0 Å². The number of amides is 1. The molecule has 1 fully saturated rings. The molecule has 2 heterocycles. The zero-order valence-corrected chi connectivity index (χ0v) is 11.8. The topological polar surface area (TPSA) is 33.2 Å². The first-order valence-electron chi connectivity index (χ1n) is 6.65. The molecule has 0 spiro atoms. The Labute approximate surface area is 123 Å². The molecule has 20 heavy (non-hydrogen) atoms. The molecule has 1 saturated heterocycles. The van der Waals surface area contributed by atoms with E-state index < -0.39 is 0 Å². The summed E-state index contributed by atoms with van der Waals surface area (Å²) in [4.78, 5) is 18.2. The summed E-state index contributed by atoms with van der Waals surface area (Å²) in [5.74, 6) is 0.903. The Balaban J connectivity index is 1.82. The number of hydrogen-bond acceptors (Lipinski definition) is 2. The second-order valence-corrected chi connectivity index (χ2v) is 5.31. The molecule has 2 aromatic rings. The minimum Gasteiger partial charge on any atom is -0.311 e. The van der Waals surface area contributed by atoms with Gasteiger partial charge in [-0.05, 0) is 18.1 Å². The number of carbonyl (C=O) groups is 1. The zero-order valence-electron chi connectivity index (χ0n) is 11.0. The van der Waals surface area contributed by atoms with E-state index in [2.05, 4.69) is 4.98 Å². The third-order valence-corrected chi connectivity index (χ3v) is 3.99. The lowest BCUT2D eigenvalue weighted by molar-refractivity contribution is -0.117. The van der Waals surface area contributed by atoms with E-state index in [9.17, 15) is 4.79 Å². The van der Waals surface area contributed by atoms with Gasteiger partial charge in [0.2, 0.25) is 5.91 Å². The van der Waals surface area contributed by atoms with Crippen LogP contribution in [0.4, 0.5) is 5.69 Å².